The molecular formula is C23H23F2N5O. The molecule has 1 aliphatic rings. The van der Waals surface area contributed by atoms with Crippen molar-refractivity contribution < 1.29 is 13.5 Å². The van der Waals surface area contributed by atoms with Gasteiger partial charge in [0.2, 0.25) is 0 Å². The van der Waals surface area contributed by atoms with Crippen molar-refractivity contribution >= 4 is 0 Å². The summed E-state index contributed by atoms with van der Waals surface area (Å²) in [5.41, 5.74) is 1.77. The summed E-state index contributed by atoms with van der Waals surface area (Å²) in [5.74, 6) is -0.272. The molecule has 0 amide bonds. The van der Waals surface area contributed by atoms with Crippen LogP contribution < -0.4 is 10.6 Å². The zero-order chi connectivity index (χ0) is 22.1. The largest absolute Gasteiger partial charge is 0.374 e. The molecule has 1 unspecified atom stereocenters. The van der Waals surface area contributed by atoms with Crippen LogP contribution in [0.15, 0.2) is 59.9 Å². The van der Waals surface area contributed by atoms with Gasteiger partial charge < -0.3 is 15.4 Å². The van der Waals surface area contributed by atoms with Crippen LogP contribution in [0.2, 0.25) is 0 Å². The van der Waals surface area contributed by atoms with Crippen molar-refractivity contribution in [3.8, 4) is 12.1 Å². The number of rotatable bonds is 8. The van der Waals surface area contributed by atoms with Gasteiger partial charge in [-0.1, -0.05) is 24.3 Å². The fourth-order valence-electron chi connectivity index (χ4n) is 3.28. The van der Waals surface area contributed by atoms with E-state index in [1.807, 2.05) is 12.1 Å². The molecule has 0 spiro atoms. The van der Waals surface area contributed by atoms with Gasteiger partial charge in [0.05, 0.1) is 12.7 Å². The summed E-state index contributed by atoms with van der Waals surface area (Å²) in [4.78, 5) is 2.22. The molecular weight excluding hydrogens is 400 g/mol. The fraction of sp³-hybridized carbons (Fsp3) is 0.304. The maximum Gasteiger partial charge on any atom is 0.169 e. The molecule has 6 nitrogen and oxygen atoms in total. The zero-order valence-electron chi connectivity index (χ0n) is 16.9. The summed E-state index contributed by atoms with van der Waals surface area (Å²) >= 11 is 0. The average molecular weight is 423 g/mol. The van der Waals surface area contributed by atoms with E-state index in [-0.39, 0.29) is 23.3 Å². The molecule has 8 heteroatoms. The Bertz CT molecular complexity index is 961. The van der Waals surface area contributed by atoms with Crippen LogP contribution in [0.25, 0.3) is 0 Å². The molecule has 0 radical (unpaired) electrons. The summed E-state index contributed by atoms with van der Waals surface area (Å²) in [6, 6.07) is 16.2. The number of allylic oxidation sites excluding steroid dienone is 1. The number of benzene rings is 2. The Balaban J connectivity index is 1.56. The van der Waals surface area contributed by atoms with Crippen LogP contribution in [0.1, 0.15) is 11.1 Å². The van der Waals surface area contributed by atoms with Crippen LogP contribution >= 0.6 is 0 Å². The van der Waals surface area contributed by atoms with Gasteiger partial charge >= 0.3 is 0 Å². The van der Waals surface area contributed by atoms with E-state index in [4.69, 9.17) is 4.74 Å². The van der Waals surface area contributed by atoms with E-state index in [1.165, 1.54) is 24.3 Å². The standard InChI is InChI=1S/C23H23F2N5O/c24-20-5-1-17(2-6-20)13-28-23(19(11-26)12-27)29-14-22-16-30(9-10-31-22)15-18-3-7-21(25)8-4-18/h1-8,22,28-29H,9-10,13-16H2. The highest BCUT2D eigenvalue weighted by Crippen LogP contribution is 2.12. The quantitative estimate of drug-likeness (QED) is 0.636. The number of nitrogens with zero attached hydrogens (tertiary/aromatic N) is 3. The van der Waals surface area contributed by atoms with Crippen molar-refractivity contribution in [2.45, 2.75) is 19.2 Å². The molecule has 0 aromatic heterocycles. The van der Waals surface area contributed by atoms with Gasteiger partial charge in [-0.2, -0.15) is 10.5 Å². The molecule has 3 rings (SSSR count). The SMILES string of the molecule is N#CC(C#N)=C(NCc1ccc(F)cc1)NCC1CN(Cc2ccc(F)cc2)CCO1. The van der Waals surface area contributed by atoms with Crippen LogP contribution in [-0.2, 0) is 17.8 Å². The van der Waals surface area contributed by atoms with Gasteiger partial charge in [0, 0.05) is 32.7 Å². The number of nitrogens with one attached hydrogen (secondary N) is 2. The van der Waals surface area contributed by atoms with Crippen molar-refractivity contribution in [1.82, 2.24) is 15.5 Å². The number of halogens is 2. The fourth-order valence-corrected chi connectivity index (χ4v) is 3.28. The Morgan fingerprint density at radius 3 is 2.19 bits per heavy atom. The Labute approximate surface area is 180 Å². The average Bonchev–Trinajstić information content (AvgIpc) is 2.79. The first-order valence-corrected chi connectivity index (χ1v) is 9.92. The Morgan fingerprint density at radius 2 is 1.58 bits per heavy atom. The third-order valence-electron chi connectivity index (χ3n) is 4.91. The van der Waals surface area contributed by atoms with Crippen molar-refractivity contribution in [1.29, 1.82) is 10.5 Å². The van der Waals surface area contributed by atoms with Crippen molar-refractivity contribution in [3.05, 3.63) is 82.7 Å². The van der Waals surface area contributed by atoms with Gasteiger partial charge in [-0.3, -0.25) is 4.90 Å². The smallest absolute Gasteiger partial charge is 0.169 e. The highest BCUT2D eigenvalue weighted by Gasteiger charge is 2.21. The first-order valence-electron chi connectivity index (χ1n) is 9.92. The first kappa shape index (κ1) is 22.2. The Morgan fingerprint density at radius 1 is 0.968 bits per heavy atom. The number of morpholine rings is 1. The minimum Gasteiger partial charge on any atom is -0.374 e. The maximum atomic E-state index is 13.1. The minimum absolute atomic E-state index is 0.0684. The minimum atomic E-state index is -0.327. The van der Waals surface area contributed by atoms with Gasteiger partial charge in [0.1, 0.15) is 29.6 Å². The normalized spacial score (nSPS) is 16.1. The summed E-state index contributed by atoms with van der Waals surface area (Å²) in [6.07, 6.45) is -0.143. The summed E-state index contributed by atoms with van der Waals surface area (Å²) < 4.78 is 32.0. The predicted octanol–water partition coefficient (Wildman–Crippen LogP) is 2.80. The van der Waals surface area contributed by atoms with Crippen molar-refractivity contribution in [3.63, 3.8) is 0 Å². The molecule has 1 atom stereocenters. The molecule has 1 heterocycles. The second-order valence-electron chi connectivity index (χ2n) is 7.19. The molecule has 2 aromatic rings. The number of ether oxygens (including phenoxy) is 1. The summed E-state index contributed by atoms with van der Waals surface area (Å²) in [6.45, 7) is 3.40. The third-order valence-corrected chi connectivity index (χ3v) is 4.91. The molecule has 2 aromatic carbocycles. The Hall–Kier alpha value is -3.46. The highest BCUT2D eigenvalue weighted by molar-refractivity contribution is 5.39. The van der Waals surface area contributed by atoms with Crippen LogP contribution in [0, 0.1) is 34.3 Å². The van der Waals surface area contributed by atoms with E-state index < -0.39 is 0 Å². The van der Waals surface area contributed by atoms with Crippen molar-refractivity contribution in [2.24, 2.45) is 0 Å². The lowest BCUT2D eigenvalue weighted by atomic mass is 10.2. The van der Waals surface area contributed by atoms with E-state index in [2.05, 4.69) is 15.5 Å². The Kier molecular flexibility index (Phi) is 7.94. The number of hydrogen-bond acceptors (Lipinski definition) is 6. The van der Waals surface area contributed by atoms with Gasteiger partial charge in [-0.15, -0.1) is 0 Å². The highest BCUT2D eigenvalue weighted by atomic mass is 19.1. The molecule has 2 N–H and O–H groups in total. The lowest BCUT2D eigenvalue weighted by molar-refractivity contribution is -0.0291. The van der Waals surface area contributed by atoms with Crippen LogP contribution in [0.5, 0.6) is 0 Å². The van der Waals surface area contributed by atoms with E-state index >= 15 is 0 Å². The van der Waals surface area contributed by atoms with Gasteiger partial charge in [0.25, 0.3) is 0 Å². The molecule has 0 bridgehead atoms. The topological polar surface area (TPSA) is 84.1 Å². The summed E-state index contributed by atoms with van der Waals surface area (Å²) in [7, 11) is 0. The van der Waals surface area contributed by atoms with E-state index in [1.54, 1.807) is 24.3 Å². The lowest BCUT2D eigenvalue weighted by Crippen LogP contribution is -2.47. The number of hydrogen-bond donors (Lipinski definition) is 2. The maximum absolute atomic E-state index is 13.1. The molecule has 1 aliphatic heterocycles. The molecule has 1 fully saturated rings. The molecule has 160 valence electrons. The molecule has 31 heavy (non-hydrogen) atoms. The lowest BCUT2D eigenvalue weighted by Gasteiger charge is -2.33. The van der Waals surface area contributed by atoms with Gasteiger partial charge in [0.15, 0.2) is 5.57 Å². The van der Waals surface area contributed by atoms with Gasteiger partial charge in [-0.05, 0) is 35.4 Å². The van der Waals surface area contributed by atoms with Crippen molar-refractivity contribution in [2.75, 3.05) is 26.2 Å². The van der Waals surface area contributed by atoms with Crippen LogP contribution in [-0.4, -0.2) is 37.2 Å². The van der Waals surface area contributed by atoms with Crippen LogP contribution in [0.4, 0.5) is 8.78 Å². The monoisotopic (exact) mass is 423 g/mol. The molecule has 0 saturated carbocycles. The molecule has 0 aliphatic carbocycles. The predicted molar refractivity (Wildman–Crippen MR) is 111 cm³/mol. The van der Waals surface area contributed by atoms with E-state index in [9.17, 15) is 19.3 Å². The van der Waals surface area contributed by atoms with E-state index in [0.717, 1.165) is 17.7 Å². The second kappa shape index (κ2) is 11.1. The number of nitriles is 2. The molecule has 1 saturated heterocycles. The van der Waals surface area contributed by atoms with Gasteiger partial charge in [-0.25, -0.2) is 8.78 Å². The third kappa shape index (κ3) is 6.78. The van der Waals surface area contributed by atoms with Crippen LogP contribution in [0.3, 0.4) is 0 Å². The summed E-state index contributed by atoms with van der Waals surface area (Å²) in [5, 5.41) is 24.7. The second-order valence-corrected chi connectivity index (χ2v) is 7.19. The van der Waals surface area contributed by atoms with E-state index in [0.29, 0.717) is 38.6 Å². The zero-order valence-corrected chi connectivity index (χ0v) is 16.9. The first-order chi connectivity index (χ1) is 15.1.